The number of hydrogen-bond acceptors (Lipinski definition) is 4. The summed E-state index contributed by atoms with van der Waals surface area (Å²) in [5, 5.41) is 8.55. The summed E-state index contributed by atoms with van der Waals surface area (Å²) in [5.74, 6) is -1.21. The standard InChI is InChI=1S/C7H9N3O2/c1-2-4-3-5(8)10-6(9-4)7(11)12/h3H,2H2,1H3,(H,11,12)(H2,8,9,10). The Balaban J connectivity index is 3.15. The number of hydrogen-bond donors (Lipinski definition) is 2. The fourth-order valence-electron chi connectivity index (χ4n) is 0.795. The summed E-state index contributed by atoms with van der Waals surface area (Å²) in [6, 6.07) is 1.56. The Morgan fingerprint density at radius 3 is 2.83 bits per heavy atom. The van der Waals surface area contributed by atoms with Crippen LogP contribution in [0.4, 0.5) is 5.82 Å². The predicted octanol–water partition coefficient (Wildman–Crippen LogP) is 0.319. The van der Waals surface area contributed by atoms with Gasteiger partial charge in [-0.05, 0) is 6.42 Å². The van der Waals surface area contributed by atoms with E-state index in [9.17, 15) is 4.79 Å². The van der Waals surface area contributed by atoms with Crippen molar-refractivity contribution in [2.75, 3.05) is 5.73 Å². The highest BCUT2D eigenvalue weighted by atomic mass is 16.4. The Labute approximate surface area is 69.3 Å². The molecule has 0 atom stereocenters. The summed E-state index contributed by atoms with van der Waals surface area (Å²) in [5.41, 5.74) is 6.00. The van der Waals surface area contributed by atoms with Crippen LogP contribution in [-0.4, -0.2) is 21.0 Å². The molecule has 0 bridgehead atoms. The normalized spacial score (nSPS) is 9.75. The van der Waals surface area contributed by atoms with Crippen LogP contribution in [0.25, 0.3) is 0 Å². The van der Waals surface area contributed by atoms with Crippen LogP contribution in [-0.2, 0) is 6.42 Å². The van der Waals surface area contributed by atoms with Gasteiger partial charge in [0.2, 0.25) is 5.82 Å². The van der Waals surface area contributed by atoms with E-state index in [2.05, 4.69) is 9.97 Å². The second kappa shape index (κ2) is 3.17. The Morgan fingerprint density at radius 2 is 2.33 bits per heavy atom. The molecule has 0 aliphatic carbocycles. The number of nitrogens with two attached hydrogens (primary N) is 1. The number of carbonyl (C=O) groups is 1. The van der Waals surface area contributed by atoms with E-state index in [0.29, 0.717) is 12.1 Å². The predicted molar refractivity (Wildman–Crippen MR) is 42.8 cm³/mol. The van der Waals surface area contributed by atoms with E-state index in [1.54, 1.807) is 6.07 Å². The molecule has 0 aliphatic heterocycles. The van der Waals surface area contributed by atoms with Gasteiger partial charge < -0.3 is 10.8 Å². The molecule has 0 amide bonds. The van der Waals surface area contributed by atoms with Crippen LogP contribution in [0.3, 0.4) is 0 Å². The van der Waals surface area contributed by atoms with Gasteiger partial charge in [-0.3, -0.25) is 0 Å². The van der Waals surface area contributed by atoms with E-state index in [0.717, 1.165) is 0 Å². The van der Waals surface area contributed by atoms with Gasteiger partial charge >= 0.3 is 5.97 Å². The molecule has 3 N–H and O–H groups in total. The lowest BCUT2D eigenvalue weighted by atomic mass is 10.3. The molecule has 5 nitrogen and oxygen atoms in total. The first kappa shape index (κ1) is 8.45. The summed E-state index contributed by atoms with van der Waals surface area (Å²) in [4.78, 5) is 17.8. The zero-order valence-corrected chi connectivity index (χ0v) is 6.61. The van der Waals surface area contributed by atoms with Gasteiger partial charge in [-0.1, -0.05) is 6.92 Å². The number of nitrogens with zero attached hydrogens (tertiary/aromatic N) is 2. The number of nitrogen functional groups attached to an aromatic ring is 1. The van der Waals surface area contributed by atoms with Crippen molar-refractivity contribution in [1.29, 1.82) is 0 Å². The molecule has 1 rings (SSSR count). The number of carboxylic acids is 1. The van der Waals surface area contributed by atoms with E-state index < -0.39 is 5.97 Å². The Kier molecular flexibility index (Phi) is 2.23. The van der Waals surface area contributed by atoms with Gasteiger partial charge in [0, 0.05) is 11.8 Å². The molecule has 1 aromatic heterocycles. The second-order valence-electron chi connectivity index (χ2n) is 2.27. The largest absolute Gasteiger partial charge is 0.475 e. The van der Waals surface area contributed by atoms with Gasteiger partial charge in [0.25, 0.3) is 0 Å². The maximum atomic E-state index is 10.4. The Hall–Kier alpha value is -1.65. The molecule has 0 aromatic carbocycles. The number of anilines is 1. The number of aryl methyl sites for hydroxylation is 1. The first-order chi connectivity index (χ1) is 5.63. The molecule has 0 aliphatic rings. The molecule has 0 fully saturated rings. The van der Waals surface area contributed by atoms with E-state index in [1.807, 2.05) is 6.92 Å². The summed E-state index contributed by atoms with van der Waals surface area (Å²) < 4.78 is 0. The first-order valence-corrected chi connectivity index (χ1v) is 3.50. The Morgan fingerprint density at radius 1 is 1.67 bits per heavy atom. The van der Waals surface area contributed by atoms with Crippen molar-refractivity contribution in [3.8, 4) is 0 Å². The second-order valence-corrected chi connectivity index (χ2v) is 2.27. The van der Waals surface area contributed by atoms with Gasteiger partial charge in [-0.25, -0.2) is 14.8 Å². The van der Waals surface area contributed by atoms with E-state index in [-0.39, 0.29) is 11.6 Å². The molecule has 0 radical (unpaired) electrons. The molecule has 0 saturated heterocycles. The highest BCUT2D eigenvalue weighted by Crippen LogP contribution is 2.03. The first-order valence-electron chi connectivity index (χ1n) is 3.50. The van der Waals surface area contributed by atoms with Crippen molar-refractivity contribution in [2.24, 2.45) is 0 Å². The molecule has 1 heterocycles. The Bertz CT molecular complexity index is 312. The van der Waals surface area contributed by atoms with Crippen molar-refractivity contribution in [1.82, 2.24) is 9.97 Å². The number of rotatable bonds is 2. The zero-order chi connectivity index (χ0) is 9.14. The molecule has 5 heteroatoms. The summed E-state index contributed by atoms with van der Waals surface area (Å²) in [6.07, 6.45) is 0.646. The smallest absolute Gasteiger partial charge is 0.374 e. The van der Waals surface area contributed by atoms with Gasteiger partial charge in [0.1, 0.15) is 5.82 Å². The lowest BCUT2D eigenvalue weighted by molar-refractivity contribution is 0.0683. The highest BCUT2D eigenvalue weighted by molar-refractivity contribution is 5.83. The van der Waals surface area contributed by atoms with Gasteiger partial charge in [0.05, 0.1) is 0 Å². The molecule has 0 saturated carbocycles. The summed E-state index contributed by atoms with van der Waals surface area (Å²) in [7, 11) is 0. The minimum atomic E-state index is -1.16. The molecular formula is C7H9N3O2. The van der Waals surface area contributed by atoms with Gasteiger partial charge in [-0.2, -0.15) is 0 Å². The molecule has 0 spiro atoms. The van der Waals surface area contributed by atoms with Crippen LogP contribution < -0.4 is 5.73 Å². The average molecular weight is 167 g/mol. The molecule has 0 unspecified atom stereocenters. The highest BCUT2D eigenvalue weighted by Gasteiger charge is 2.07. The maximum Gasteiger partial charge on any atom is 0.374 e. The lowest BCUT2D eigenvalue weighted by Crippen LogP contribution is -2.08. The minimum Gasteiger partial charge on any atom is -0.475 e. The fraction of sp³-hybridized carbons (Fsp3) is 0.286. The number of carboxylic acid groups (broad SMARTS) is 1. The van der Waals surface area contributed by atoms with Crippen LogP contribution in [0, 0.1) is 0 Å². The maximum absolute atomic E-state index is 10.4. The summed E-state index contributed by atoms with van der Waals surface area (Å²) in [6.45, 7) is 1.87. The third-order valence-corrected chi connectivity index (χ3v) is 1.35. The zero-order valence-electron chi connectivity index (χ0n) is 6.61. The average Bonchev–Trinajstić information content (AvgIpc) is 2.03. The SMILES string of the molecule is CCc1cc(N)nc(C(=O)O)n1. The molecular weight excluding hydrogens is 158 g/mol. The minimum absolute atomic E-state index is 0.194. The fourth-order valence-corrected chi connectivity index (χ4v) is 0.795. The van der Waals surface area contributed by atoms with E-state index >= 15 is 0 Å². The molecule has 12 heavy (non-hydrogen) atoms. The van der Waals surface area contributed by atoms with E-state index in [1.165, 1.54) is 0 Å². The van der Waals surface area contributed by atoms with Crippen LogP contribution >= 0.6 is 0 Å². The monoisotopic (exact) mass is 167 g/mol. The summed E-state index contributed by atoms with van der Waals surface area (Å²) >= 11 is 0. The van der Waals surface area contributed by atoms with Crippen LogP contribution in [0.15, 0.2) is 6.07 Å². The van der Waals surface area contributed by atoms with Crippen molar-refractivity contribution >= 4 is 11.8 Å². The van der Waals surface area contributed by atoms with Crippen LogP contribution in [0.2, 0.25) is 0 Å². The number of aromatic nitrogens is 2. The number of aromatic carboxylic acids is 1. The van der Waals surface area contributed by atoms with Crippen LogP contribution in [0.1, 0.15) is 23.2 Å². The van der Waals surface area contributed by atoms with Gasteiger partial charge in [-0.15, -0.1) is 0 Å². The topological polar surface area (TPSA) is 89.1 Å². The molecule has 1 aromatic rings. The van der Waals surface area contributed by atoms with Crippen molar-refractivity contribution < 1.29 is 9.90 Å². The van der Waals surface area contributed by atoms with E-state index in [4.69, 9.17) is 10.8 Å². The third-order valence-electron chi connectivity index (χ3n) is 1.35. The third kappa shape index (κ3) is 1.69. The van der Waals surface area contributed by atoms with Gasteiger partial charge in [0.15, 0.2) is 0 Å². The van der Waals surface area contributed by atoms with Crippen molar-refractivity contribution in [2.45, 2.75) is 13.3 Å². The molecule has 64 valence electrons. The van der Waals surface area contributed by atoms with Crippen molar-refractivity contribution in [3.63, 3.8) is 0 Å². The van der Waals surface area contributed by atoms with Crippen LogP contribution in [0.5, 0.6) is 0 Å². The lowest BCUT2D eigenvalue weighted by Gasteiger charge is -1.99. The van der Waals surface area contributed by atoms with Crippen molar-refractivity contribution in [3.05, 3.63) is 17.6 Å². The quantitative estimate of drug-likeness (QED) is 0.662.